The molecule has 0 bridgehead atoms. The Hall–Kier alpha value is -1.26. The van der Waals surface area contributed by atoms with Gasteiger partial charge < -0.3 is 19.7 Å². The van der Waals surface area contributed by atoms with Gasteiger partial charge in [0.15, 0.2) is 11.5 Å². The van der Waals surface area contributed by atoms with Gasteiger partial charge in [0.25, 0.3) is 0 Å². The molecule has 4 heteroatoms. The normalized spacial score (nSPS) is 12.5. The molecule has 21 heavy (non-hydrogen) atoms. The highest BCUT2D eigenvalue weighted by molar-refractivity contribution is 5.43. The molecule has 1 rings (SSSR count). The van der Waals surface area contributed by atoms with Crippen LogP contribution in [-0.2, 0) is 0 Å². The lowest BCUT2D eigenvalue weighted by molar-refractivity contribution is 0.268. The van der Waals surface area contributed by atoms with E-state index in [-0.39, 0.29) is 0 Å². The number of ether oxygens (including phenoxy) is 2. The molecule has 0 heterocycles. The van der Waals surface area contributed by atoms with Gasteiger partial charge in [-0.2, -0.15) is 0 Å². The first-order valence-corrected chi connectivity index (χ1v) is 7.77. The van der Waals surface area contributed by atoms with Gasteiger partial charge >= 0.3 is 0 Å². The molecule has 4 nitrogen and oxygen atoms in total. The zero-order valence-corrected chi connectivity index (χ0v) is 14.1. The second kappa shape index (κ2) is 9.64. The van der Waals surface area contributed by atoms with Crippen molar-refractivity contribution < 1.29 is 9.47 Å². The minimum Gasteiger partial charge on any atom is -0.493 e. The van der Waals surface area contributed by atoms with Gasteiger partial charge in [-0.3, -0.25) is 0 Å². The molecule has 0 saturated carbocycles. The molecule has 0 saturated heterocycles. The molecule has 1 N–H and O–H groups in total. The van der Waals surface area contributed by atoms with Crippen molar-refractivity contribution in [3.05, 3.63) is 23.8 Å². The van der Waals surface area contributed by atoms with Gasteiger partial charge in [0, 0.05) is 12.6 Å². The summed E-state index contributed by atoms with van der Waals surface area (Å²) in [6.07, 6.45) is 2.14. The van der Waals surface area contributed by atoms with E-state index in [4.69, 9.17) is 9.47 Å². The molecule has 0 aliphatic rings. The summed E-state index contributed by atoms with van der Waals surface area (Å²) < 4.78 is 11.3. The third-order valence-corrected chi connectivity index (χ3v) is 3.40. The maximum atomic E-state index is 5.82. The second-order valence-electron chi connectivity index (χ2n) is 5.59. The van der Waals surface area contributed by atoms with Crippen molar-refractivity contribution in [2.45, 2.75) is 32.7 Å². The maximum Gasteiger partial charge on any atom is 0.161 e. The van der Waals surface area contributed by atoms with Crippen LogP contribution < -0.4 is 14.8 Å². The number of benzene rings is 1. The molecule has 0 radical (unpaired) electrons. The largest absolute Gasteiger partial charge is 0.493 e. The van der Waals surface area contributed by atoms with Crippen LogP contribution in [0.25, 0.3) is 0 Å². The average molecular weight is 294 g/mol. The Bertz CT molecular complexity index is 408. The summed E-state index contributed by atoms with van der Waals surface area (Å²) in [6, 6.07) is 6.50. The first-order valence-electron chi connectivity index (χ1n) is 7.77. The van der Waals surface area contributed by atoms with Gasteiger partial charge in [-0.1, -0.05) is 13.0 Å². The van der Waals surface area contributed by atoms with Gasteiger partial charge in [0.1, 0.15) is 0 Å². The van der Waals surface area contributed by atoms with Crippen molar-refractivity contribution in [1.82, 2.24) is 10.2 Å². The van der Waals surface area contributed by atoms with Crippen molar-refractivity contribution in [3.63, 3.8) is 0 Å². The number of nitrogens with one attached hydrogen (secondary N) is 1. The Labute approximate surface area is 129 Å². The summed E-state index contributed by atoms with van der Waals surface area (Å²) in [5.74, 6) is 1.63. The van der Waals surface area contributed by atoms with Crippen LogP contribution in [0, 0.1) is 0 Å². The summed E-state index contributed by atoms with van der Waals surface area (Å²) in [7, 11) is 5.83. The van der Waals surface area contributed by atoms with Crippen molar-refractivity contribution in [2.24, 2.45) is 0 Å². The van der Waals surface area contributed by atoms with E-state index in [2.05, 4.69) is 50.3 Å². The Morgan fingerprint density at radius 2 is 2.00 bits per heavy atom. The van der Waals surface area contributed by atoms with Crippen LogP contribution in [0.1, 0.15) is 38.3 Å². The topological polar surface area (TPSA) is 33.7 Å². The van der Waals surface area contributed by atoms with Crippen LogP contribution in [0.15, 0.2) is 18.2 Å². The van der Waals surface area contributed by atoms with E-state index in [0.717, 1.165) is 37.4 Å². The predicted molar refractivity (Wildman–Crippen MR) is 88.4 cm³/mol. The maximum absolute atomic E-state index is 5.82. The monoisotopic (exact) mass is 294 g/mol. The Balaban J connectivity index is 2.61. The highest BCUT2D eigenvalue weighted by atomic mass is 16.5. The number of hydrogen-bond acceptors (Lipinski definition) is 4. The van der Waals surface area contributed by atoms with Gasteiger partial charge in [0.2, 0.25) is 0 Å². The van der Waals surface area contributed by atoms with E-state index >= 15 is 0 Å². The van der Waals surface area contributed by atoms with Crippen molar-refractivity contribution in [2.75, 3.05) is 40.9 Å². The summed E-state index contributed by atoms with van der Waals surface area (Å²) in [5, 5.41) is 3.48. The zero-order valence-electron chi connectivity index (χ0n) is 14.1. The smallest absolute Gasteiger partial charge is 0.161 e. The highest BCUT2D eigenvalue weighted by Crippen LogP contribution is 2.30. The molecule has 0 amide bonds. The number of methoxy groups -OCH3 is 1. The van der Waals surface area contributed by atoms with Crippen molar-refractivity contribution >= 4 is 0 Å². The Kier molecular flexibility index (Phi) is 8.16. The average Bonchev–Trinajstić information content (AvgIpc) is 2.48. The zero-order chi connectivity index (χ0) is 15.7. The Morgan fingerprint density at radius 1 is 1.24 bits per heavy atom. The number of rotatable bonds is 10. The fraction of sp³-hybridized carbons (Fsp3) is 0.647. The molecule has 1 unspecified atom stereocenters. The van der Waals surface area contributed by atoms with Gasteiger partial charge in [-0.15, -0.1) is 0 Å². The van der Waals surface area contributed by atoms with E-state index in [1.54, 1.807) is 7.11 Å². The lowest BCUT2D eigenvalue weighted by Crippen LogP contribution is -2.19. The summed E-state index contributed by atoms with van der Waals surface area (Å²) >= 11 is 0. The molecule has 0 aliphatic carbocycles. The molecule has 0 spiro atoms. The molecule has 120 valence electrons. The Morgan fingerprint density at radius 3 is 2.62 bits per heavy atom. The van der Waals surface area contributed by atoms with Crippen LogP contribution in [-0.4, -0.2) is 45.8 Å². The van der Waals surface area contributed by atoms with E-state index in [9.17, 15) is 0 Å². The van der Waals surface area contributed by atoms with Crippen LogP contribution in [0.5, 0.6) is 11.5 Å². The first kappa shape index (κ1) is 17.8. The second-order valence-corrected chi connectivity index (χ2v) is 5.59. The summed E-state index contributed by atoms with van der Waals surface area (Å²) in [4.78, 5) is 2.16. The van der Waals surface area contributed by atoms with Gasteiger partial charge in [-0.25, -0.2) is 0 Å². The number of hydrogen-bond donors (Lipinski definition) is 1. The minimum absolute atomic E-state index is 0.321. The fourth-order valence-corrected chi connectivity index (χ4v) is 2.11. The standard InChI is InChI=1S/C17H30N2O2/c1-6-10-18-14(2)15-8-9-16(17(13-15)20-5)21-12-7-11-19(3)4/h8-9,13-14,18H,6-7,10-12H2,1-5H3. The molecule has 1 aromatic carbocycles. The SMILES string of the molecule is CCCNC(C)c1ccc(OCCCN(C)C)c(OC)c1. The molecular weight excluding hydrogens is 264 g/mol. The van der Waals surface area contributed by atoms with Crippen LogP contribution in [0.3, 0.4) is 0 Å². The quantitative estimate of drug-likeness (QED) is 0.672. The molecule has 0 fully saturated rings. The van der Waals surface area contributed by atoms with Crippen molar-refractivity contribution in [3.8, 4) is 11.5 Å². The highest BCUT2D eigenvalue weighted by Gasteiger charge is 2.10. The van der Waals surface area contributed by atoms with Crippen LogP contribution >= 0.6 is 0 Å². The predicted octanol–water partition coefficient (Wildman–Crippen LogP) is 3.09. The van der Waals surface area contributed by atoms with Crippen LogP contribution in [0.2, 0.25) is 0 Å². The number of nitrogens with zero attached hydrogens (tertiary/aromatic N) is 1. The summed E-state index contributed by atoms with van der Waals surface area (Å²) in [6.45, 7) is 7.09. The third-order valence-electron chi connectivity index (χ3n) is 3.40. The summed E-state index contributed by atoms with van der Waals surface area (Å²) in [5.41, 5.74) is 1.22. The molecule has 0 aromatic heterocycles. The lowest BCUT2D eigenvalue weighted by atomic mass is 10.1. The fourth-order valence-electron chi connectivity index (χ4n) is 2.11. The van der Waals surface area contributed by atoms with Gasteiger partial charge in [-0.05, 0) is 58.1 Å². The minimum atomic E-state index is 0.321. The van der Waals surface area contributed by atoms with Crippen LogP contribution in [0.4, 0.5) is 0 Å². The molecule has 1 atom stereocenters. The van der Waals surface area contributed by atoms with E-state index in [1.165, 1.54) is 5.56 Å². The lowest BCUT2D eigenvalue weighted by Gasteiger charge is -2.17. The third kappa shape index (κ3) is 6.36. The van der Waals surface area contributed by atoms with Gasteiger partial charge in [0.05, 0.1) is 13.7 Å². The van der Waals surface area contributed by atoms with E-state index < -0.39 is 0 Å². The molecular formula is C17H30N2O2. The molecule has 1 aromatic rings. The van der Waals surface area contributed by atoms with E-state index in [0.29, 0.717) is 12.6 Å². The molecule has 0 aliphatic heterocycles. The van der Waals surface area contributed by atoms with Crippen molar-refractivity contribution in [1.29, 1.82) is 0 Å². The van der Waals surface area contributed by atoms with E-state index in [1.807, 2.05) is 6.07 Å². The first-order chi connectivity index (χ1) is 10.1.